The van der Waals surface area contributed by atoms with E-state index in [9.17, 15) is 9.00 Å². The lowest BCUT2D eigenvalue weighted by Crippen LogP contribution is -2.28. The van der Waals surface area contributed by atoms with Gasteiger partial charge in [0, 0.05) is 17.1 Å². The van der Waals surface area contributed by atoms with Gasteiger partial charge in [0.1, 0.15) is 5.76 Å². The fraction of sp³-hybridized carbons (Fsp3) is 0.190. The molecule has 0 saturated carbocycles. The van der Waals surface area contributed by atoms with Crippen LogP contribution in [0.4, 0.5) is 5.69 Å². The molecule has 4 rings (SSSR count). The fourth-order valence-electron chi connectivity index (χ4n) is 3.22. The van der Waals surface area contributed by atoms with Gasteiger partial charge in [-0.1, -0.05) is 30.3 Å². The molecule has 26 heavy (non-hydrogen) atoms. The van der Waals surface area contributed by atoms with Crippen molar-refractivity contribution < 1.29 is 13.4 Å². The van der Waals surface area contributed by atoms with E-state index in [1.165, 1.54) is 5.56 Å². The van der Waals surface area contributed by atoms with Gasteiger partial charge in [0.25, 0.3) is 5.91 Å². The first kappa shape index (κ1) is 16.8. The second kappa shape index (κ2) is 6.92. The van der Waals surface area contributed by atoms with Crippen LogP contribution in [0.5, 0.6) is 0 Å². The first-order chi connectivity index (χ1) is 12.6. The zero-order valence-electron chi connectivity index (χ0n) is 14.5. The predicted molar refractivity (Wildman–Crippen MR) is 102 cm³/mol. The monoisotopic (exact) mass is 365 g/mol. The van der Waals surface area contributed by atoms with Gasteiger partial charge in [-0.15, -0.1) is 0 Å². The summed E-state index contributed by atoms with van der Waals surface area (Å²) in [7, 11) is -1.20. The summed E-state index contributed by atoms with van der Waals surface area (Å²) >= 11 is 0. The number of hydrogen-bond donors (Lipinski definition) is 0. The number of carbonyl (C=O) groups excluding carboxylic acids is 1. The van der Waals surface area contributed by atoms with E-state index in [1.807, 2.05) is 55.5 Å². The number of rotatable bonds is 4. The van der Waals surface area contributed by atoms with Gasteiger partial charge in [0.15, 0.2) is 5.76 Å². The topological polar surface area (TPSA) is 50.5 Å². The number of para-hydroxylation sites is 1. The summed E-state index contributed by atoms with van der Waals surface area (Å²) in [6, 6.07) is 18.9. The standard InChI is InChI=1S/C21H19NO3S/c1-15-5-4-7-18(13-15)26(24)14-17-9-10-20(25-17)21(23)22-12-11-16-6-2-3-8-19(16)22/h2-10,13H,11-12,14H2,1H3. The SMILES string of the molecule is Cc1cccc(S(=O)Cc2ccc(C(=O)N3CCc4ccccc43)o2)c1. The smallest absolute Gasteiger partial charge is 0.293 e. The zero-order valence-corrected chi connectivity index (χ0v) is 15.3. The van der Waals surface area contributed by atoms with Crippen LogP contribution in [0.2, 0.25) is 0 Å². The zero-order chi connectivity index (χ0) is 18.1. The van der Waals surface area contributed by atoms with Crippen molar-refractivity contribution in [2.75, 3.05) is 11.4 Å². The number of aryl methyl sites for hydroxylation is 1. The first-order valence-electron chi connectivity index (χ1n) is 8.55. The lowest BCUT2D eigenvalue weighted by molar-refractivity contribution is 0.0961. The molecule has 3 aromatic rings. The Morgan fingerprint density at radius 2 is 1.96 bits per heavy atom. The average Bonchev–Trinajstić information content (AvgIpc) is 3.28. The molecule has 2 aromatic carbocycles. The molecule has 1 amide bonds. The van der Waals surface area contributed by atoms with Crippen LogP contribution in [0.1, 0.15) is 27.4 Å². The number of hydrogen-bond acceptors (Lipinski definition) is 3. The highest BCUT2D eigenvalue weighted by Gasteiger charge is 2.27. The summed E-state index contributed by atoms with van der Waals surface area (Å²) in [5.74, 6) is 0.953. The fourth-order valence-corrected chi connectivity index (χ4v) is 4.35. The van der Waals surface area contributed by atoms with Crippen LogP contribution in [-0.4, -0.2) is 16.7 Å². The van der Waals surface area contributed by atoms with E-state index in [4.69, 9.17) is 4.42 Å². The predicted octanol–water partition coefficient (Wildman–Crippen LogP) is 4.10. The molecule has 5 heteroatoms. The Bertz CT molecular complexity index is 992. The summed E-state index contributed by atoms with van der Waals surface area (Å²) in [6.07, 6.45) is 0.854. The molecule has 0 saturated heterocycles. The minimum Gasteiger partial charge on any atom is -0.455 e. The molecule has 2 heterocycles. The summed E-state index contributed by atoms with van der Waals surface area (Å²) in [4.78, 5) is 15.3. The summed E-state index contributed by atoms with van der Waals surface area (Å²) in [6.45, 7) is 2.63. The Kier molecular flexibility index (Phi) is 4.47. The molecule has 1 aliphatic rings. The summed E-state index contributed by atoms with van der Waals surface area (Å²) < 4.78 is 18.2. The van der Waals surface area contributed by atoms with Crippen molar-refractivity contribution in [1.29, 1.82) is 0 Å². The molecule has 132 valence electrons. The highest BCUT2D eigenvalue weighted by Crippen LogP contribution is 2.29. The molecular weight excluding hydrogens is 346 g/mol. The molecule has 4 nitrogen and oxygen atoms in total. The molecule has 1 unspecified atom stereocenters. The summed E-state index contributed by atoms with van der Waals surface area (Å²) in [5.41, 5.74) is 3.19. The molecule has 1 aromatic heterocycles. The van der Waals surface area contributed by atoms with E-state index in [0.717, 1.165) is 22.6 Å². The maximum Gasteiger partial charge on any atom is 0.293 e. The van der Waals surface area contributed by atoms with Gasteiger partial charge in [-0.05, 0) is 54.8 Å². The van der Waals surface area contributed by atoms with E-state index >= 15 is 0 Å². The van der Waals surface area contributed by atoms with Gasteiger partial charge in [0.2, 0.25) is 0 Å². The largest absolute Gasteiger partial charge is 0.455 e. The Labute approximate surface area is 154 Å². The van der Waals surface area contributed by atoms with E-state index in [2.05, 4.69) is 0 Å². The molecule has 0 aliphatic carbocycles. The summed E-state index contributed by atoms with van der Waals surface area (Å²) in [5, 5.41) is 0. The van der Waals surface area contributed by atoms with E-state index in [-0.39, 0.29) is 17.4 Å². The van der Waals surface area contributed by atoms with Crippen molar-refractivity contribution in [3.63, 3.8) is 0 Å². The van der Waals surface area contributed by atoms with Crippen molar-refractivity contribution in [2.45, 2.75) is 24.0 Å². The third-order valence-electron chi connectivity index (χ3n) is 4.53. The highest BCUT2D eigenvalue weighted by atomic mass is 32.2. The quantitative estimate of drug-likeness (QED) is 0.699. The highest BCUT2D eigenvalue weighted by molar-refractivity contribution is 7.84. The Morgan fingerprint density at radius 3 is 2.81 bits per heavy atom. The number of nitrogens with zero attached hydrogens (tertiary/aromatic N) is 1. The lowest BCUT2D eigenvalue weighted by Gasteiger charge is -2.15. The van der Waals surface area contributed by atoms with Crippen LogP contribution < -0.4 is 4.90 Å². The third kappa shape index (κ3) is 3.22. The second-order valence-corrected chi connectivity index (χ2v) is 7.86. The maximum atomic E-state index is 12.8. The van der Waals surface area contributed by atoms with Crippen LogP contribution >= 0.6 is 0 Å². The van der Waals surface area contributed by atoms with Crippen molar-refractivity contribution in [3.8, 4) is 0 Å². The third-order valence-corrected chi connectivity index (χ3v) is 5.86. The van der Waals surface area contributed by atoms with E-state index < -0.39 is 10.8 Å². The van der Waals surface area contributed by atoms with Gasteiger partial charge < -0.3 is 9.32 Å². The average molecular weight is 365 g/mol. The number of amides is 1. The van der Waals surface area contributed by atoms with Crippen LogP contribution in [0.25, 0.3) is 0 Å². The molecule has 0 spiro atoms. The molecule has 0 fully saturated rings. The van der Waals surface area contributed by atoms with Gasteiger partial charge in [-0.25, -0.2) is 0 Å². The van der Waals surface area contributed by atoms with Crippen molar-refractivity contribution in [3.05, 3.63) is 83.3 Å². The van der Waals surface area contributed by atoms with Crippen LogP contribution in [0.3, 0.4) is 0 Å². The Morgan fingerprint density at radius 1 is 1.12 bits per heavy atom. The number of carbonyl (C=O) groups is 1. The van der Waals surface area contributed by atoms with Crippen LogP contribution in [-0.2, 0) is 23.0 Å². The molecule has 0 bridgehead atoms. The van der Waals surface area contributed by atoms with Gasteiger partial charge in [0.05, 0.1) is 16.6 Å². The Hall–Kier alpha value is -2.66. The molecule has 1 aliphatic heterocycles. The van der Waals surface area contributed by atoms with Crippen molar-refractivity contribution in [1.82, 2.24) is 0 Å². The Balaban J connectivity index is 1.50. The van der Waals surface area contributed by atoms with Crippen molar-refractivity contribution in [2.24, 2.45) is 0 Å². The normalized spacial score (nSPS) is 14.3. The van der Waals surface area contributed by atoms with Crippen molar-refractivity contribution >= 4 is 22.4 Å². The van der Waals surface area contributed by atoms with Gasteiger partial charge >= 0.3 is 0 Å². The van der Waals surface area contributed by atoms with E-state index in [1.54, 1.807) is 17.0 Å². The maximum absolute atomic E-state index is 12.8. The van der Waals surface area contributed by atoms with Gasteiger partial charge in [-0.2, -0.15) is 0 Å². The van der Waals surface area contributed by atoms with Gasteiger partial charge in [-0.3, -0.25) is 9.00 Å². The number of benzene rings is 2. The molecule has 1 atom stereocenters. The number of fused-ring (bicyclic) bond motifs is 1. The minimum atomic E-state index is -1.20. The molecular formula is C21H19NO3S. The van der Waals surface area contributed by atoms with Crippen LogP contribution in [0.15, 0.2) is 70.0 Å². The minimum absolute atomic E-state index is 0.150. The van der Waals surface area contributed by atoms with Crippen LogP contribution in [0, 0.1) is 6.92 Å². The second-order valence-electron chi connectivity index (χ2n) is 6.41. The first-order valence-corrected chi connectivity index (χ1v) is 9.87. The van der Waals surface area contributed by atoms with E-state index in [0.29, 0.717) is 12.3 Å². The molecule has 0 radical (unpaired) electrons. The number of furan rings is 1. The number of anilines is 1. The molecule has 0 N–H and O–H groups in total. The lowest BCUT2D eigenvalue weighted by atomic mass is 10.2.